The molecule has 1 aromatic heterocycles. The fourth-order valence-corrected chi connectivity index (χ4v) is 3.36. The van der Waals surface area contributed by atoms with Crippen LogP contribution in [0, 0.1) is 6.92 Å². The molecule has 1 unspecified atom stereocenters. The van der Waals surface area contributed by atoms with Gasteiger partial charge in [-0.3, -0.25) is 0 Å². The lowest BCUT2D eigenvalue weighted by Gasteiger charge is -2.18. The highest BCUT2D eigenvalue weighted by molar-refractivity contribution is 7.99. The zero-order valence-electron chi connectivity index (χ0n) is 12.7. The zero-order valence-corrected chi connectivity index (χ0v) is 13.5. The first kappa shape index (κ1) is 15.9. The number of nitrogens with one attached hydrogen (secondary N) is 1. The number of hydrogen-bond acceptors (Lipinski definition) is 4. The predicted molar refractivity (Wildman–Crippen MR) is 91.7 cm³/mol. The molecule has 1 aromatic carbocycles. The van der Waals surface area contributed by atoms with Gasteiger partial charge in [0.2, 0.25) is 0 Å². The second kappa shape index (κ2) is 8.05. The Hall–Kier alpha value is -1.52. The van der Waals surface area contributed by atoms with Crippen molar-refractivity contribution in [3.8, 4) is 0 Å². The first-order valence-corrected chi connectivity index (χ1v) is 8.29. The van der Waals surface area contributed by atoms with Crippen LogP contribution in [0.25, 0.3) is 0 Å². The van der Waals surface area contributed by atoms with Crippen molar-refractivity contribution >= 4 is 17.6 Å². The van der Waals surface area contributed by atoms with Gasteiger partial charge >= 0.3 is 0 Å². The molecule has 0 spiro atoms. The van der Waals surface area contributed by atoms with Gasteiger partial charge in [-0.05, 0) is 49.7 Å². The molecule has 0 saturated carbocycles. The minimum absolute atomic E-state index is 0.433. The number of rotatable bonds is 7. The lowest BCUT2D eigenvalue weighted by Crippen LogP contribution is -2.33. The van der Waals surface area contributed by atoms with Crippen molar-refractivity contribution in [3.63, 3.8) is 0 Å². The third kappa shape index (κ3) is 5.40. The van der Waals surface area contributed by atoms with Gasteiger partial charge in [-0.1, -0.05) is 24.6 Å². The molecule has 0 aliphatic heterocycles. The van der Waals surface area contributed by atoms with E-state index in [1.807, 2.05) is 23.9 Å². The van der Waals surface area contributed by atoms with Gasteiger partial charge < -0.3 is 11.1 Å². The van der Waals surface area contributed by atoms with E-state index in [-0.39, 0.29) is 0 Å². The van der Waals surface area contributed by atoms with Crippen LogP contribution in [0.4, 0.5) is 5.82 Å². The number of benzene rings is 1. The molecule has 1 heterocycles. The summed E-state index contributed by atoms with van der Waals surface area (Å²) in [6, 6.07) is 13.1. The number of thioether (sulfide) groups is 1. The summed E-state index contributed by atoms with van der Waals surface area (Å²) >= 11 is 1.90. The molecule has 1 atom stereocenters. The molecule has 0 saturated heterocycles. The standard InChI is InChI=1S/C17H23N3S/c1-3-19-15(10-14-7-8-20-17(18)11-14)12-21-16-6-4-5-13(2)9-16/h4-9,11,15,19H,3,10,12H2,1-2H3,(H2,18,20). The number of likely N-dealkylation sites (N-methyl/N-ethyl adjacent to an activating group) is 1. The van der Waals surface area contributed by atoms with E-state index in [1.165, 1.54) is 16.0 Å². The van der Waals surface area contributed by atoms with E-state index in [0.717, 1.165) is 18.7 Å². The largest absolute Gasteiger partial charge is 0.384 e. The lowest BCUT2D eigenvalue weighted by molar-refractivity contribution is 0.572. The van der Waals surface area contributed by atoms with Crippen molar-refractivity contribution in [3.05, 3.63) is 53.7 Å². The Labute approximate surface area is 131 Å². The molecular formula is C17H23N3S. The second-order valence-electron chi connectivity index (χ2n) is 5.18. The van der Waals surface area contributed by atoms with Crippen LogP contribution in [0.5, 0.6) is 0 Å². The smallest absolute Gasteiger partial charge is 0.123 e. The average Bonchev–Trinajstić information content (AvgIpc) is 2.45. The van der Waals surface area contributed by atoms with Gasteiger partial charge in [-0.2, -0.15) is 0 Å². The minimum atomic E-state index is 0.433. The lowest BCUT2D eigenvalue weighted by atomic mass is 10.1. The van der Waals surface area contributed by atoms with E-state index in [9.17, 15) is 0 Å². The van der Waals surface area contributed by atoms with Crippen LogP contribution >= 0.6 is 11.8 Å². The first-order chi connectivity index (χ1) is 10.2. The van der Waals surface area contributed by atoms with Gasteiger partial charge in [0.25, 0.3) is 0 Å². The molecule has 3 N–H and O–H groups in total. The Morgan fingerprint density at radius 1 is 1.29 bits per heavy atom. The number of aryl methyl sites for hydroxylation is 1. The first-order valence-electron chi connectivity index (χ1n) is 7.30. The Balaban J connectivity index is 1.95. The number of aromatic nitrogens is 1. The quantitative estimate of drug-likeness (QED) is 0.771. The second-order valence-corrected chi connectivity index (χ2v) is 6.27. The van der Waals surface area contributed by atoms with E-state index >= 15 is 0 Å². The molecular weight excluding hydrogens is 278 g/mol. The highest BCUT2D eigenvalue weighted by Gasteiger charge is 2.10. The number of nitrogens with zero attached hydrogens (tertiary/aromatic N) is 1. The fourth-order valence-electron chi connectivity index (χ4n) is 2.29. The maximum absolute atomic E-state index is 5.75. The van der Waals surface area contributed by atoms with Gasteiger partial charge in [-0.25, -0.2) is 4.98 Å². The van der Waals surface area contributed by atoms with Crippen LogP contribution in [0.15, 0.2) is 47.5 Å². The Morgan fingerprint density at radius 3 is 2.86 bits per heavy atom. The zero-order chi connectivity index (χ0) is 15.1. The van der Waals surface area contributed by atoms with Crippen LogP contribution in [0.2, 0.25) is 0 Å². The average molecular weight is 301 g/mol. The third-order valence-corrected chi connectivity index (χ3v) is 4.42. The van der Waals surface area contributed by atoms with Gasteiger partial charge in [0.15, 0.2) is 0 Å². The van der Waals surface area contributed by atoms with Crippen molar-refractivity contribution in [1.82, 2.24) is 10.3 Å². The Kier molecular flexibility index (Phi) is 6.08. The van der Waals surface area contributed by atoms with Gasteiger partial charge in [0.05, 0.1) is 0 Å². The predicted octanol–water partition coefficient (Wildman–Crippen LogP) is 3.29. The monoisotopic (exact) mass is 301 g/mol. The SMILES string of the molecule is CCNC(CSc1cccc(C)c1)Cc1ccnc(N)c1. The summed E-state index contributed by atoms with van der Waals surface area (Å²) in [6.07, 6.45) is 2.75. The molecule has 2 rings (SSSR count). The van der Waals surface area contributed by atoms with Crippen LogP contribution < -0.4 is 11.1 Å². The summed E-state index contributed by atoms with van der Waals surface area (Å²) in [5.74, 6) is 1.63. The third-order valence-electron chi connectivity index (χ3n) is 3.26. The van der Waals surface area contributed by atoms with Crippen LogP contribution in [0.1, 0.15) is 18.1 Å². The summed E-state index contributed by atoms with van der Waals surface area (Å²) in [6.45, 7) is 5.25. The van der Waals surface area contributed by atoms with Gasteiger partial charge in [-0.15, -0.1) is 11.8 Å². The Morgan fingerprint density at radius 2 is 2.14 bits per heavy atom. The Bertz CT molecular complexity index is 571. The number of nitrogens with two attached hydrogens (primary N) is 1. The summed E-state index contributed by atoms with van der Waals surface area (Å²) in [7, 11) is 0. The summed E-state index contributed by atoms with van der Waals surface area (Å²) < 4.78 is 0. The molecule has 3 nitrogen and oxygen atoms in total. The molecule has 0 amide bonds. The number of hydrogen-bond donors (Lipinski definition) is 2. The number of pyridine rings is 1. The molecule has 0 radical (unpaired) electrons. The molecule has 21 heavy (non-hydrogen) atoms. The normalized spacial score (nSPS) is 12.3. The number of anilines is 1. The van der Waals surface area contributed by atoms with Crippen molar-refractivity contribution in [2.75, 3.05) is 18.0 Å². The topological polar surface area (TPSA) is 50.9 Å². The summed E-state index contributed by atoms with van der Waals surface area (Å²) in [5, 5.41) is 3.55. The molecule has 4 heteroatoms. The van der Waals surface area contributed by atoms with Crippen molar-refractivity contribution in [1.29, 1.82) is 0 Å². The van der Waals surface area contributed by atoms with Crippen molar-refractivity contribution in [2.24, 2.45) is 0 Å². The summed E-state index contributed by atoms with van der Waals surface area (Å²) in [5.41, 5.74) is 8.30. The molecule has 2 aromatic rings. The van der Waals surface area contributed by atoms with E-state index in [0.29, 0.717) is 11.9 Å². The highest BCUT2D eigenvalue weighted by Crippen LogP contribution is 2.21. The van der Waals surface area contributed by atoms with E-state index in [4.69, 9.17) is 5.73 Å². The van der Waals surface area contributed by atoms with E-state index in [1.54, 1.807) is 6.20 Å². The van der Waals surface area contributed by atoms with Crippen LogP contribution in [0.3, 0.4) is 0 Å². The molecule has 0 fully saturated rings. The molecule has 0 bridgehead atoms. The maximum atomic E-state index is 5.75. The maximum Gasteiger partial charge on any atom is 0.123 e. The fraction of sp³-hybridized carbons (Fsp3) is 0.353. The number of nitrogen functional groups attached to an aromatic ring is 1. The molecule has 112 valence electrons. The van der Waals surface area contributed by atoms with Gasteiger partial charge in [0, 0.05) is 22.9 Å². The van der Waals surface area contributed by atoms with Crippen LogP contribution in [-0.4, -0.2) is 23.3 Å². The highest BCUT2D eigenvalue weighted by atomic mass is 32.2. The summed E-state index contributed by atoms with van der Waals surface area (Å²) in [4.78, 5) is 5.37. The molecule has 0 aliphatic rings. The van der Waals surface area contributed by atoms with Crippen molar-refractivity contribution in [2.45, 2.75) is 31.2 Å². The van der Waals surface area contributed by atoms with Crippen LogP contribution in [-0.2, 0) is 6.42 Å². The van der Waals surface area contributed by atoms with E-state index in [2.05, 4.69) is 48.4 Å². The molecule has 0 aliphatic carbocycles. The van der Waals surface area contributed by atoms with E-state index < -0.39 is 0 Å². The van der Waals surface area contributed by atoms with Gasteiger partial charge in [0.1, 0.15) is 5.82 Å². The van der Waals surface area contributed by atoms with Crippen molar-refractivity contribution < 1.29 is 0 Å². The minimum Gasteiger partial charge on any atom is -0.384 e.